The zero-order valence-electron chi connectivity index (χ0n) is 6.78. The minimum Gasteiger partial charge on any atom is -0.790 e. The minimum absolute atomic E-state index is 0.153. The Hall–Kier alpha value is 0.280. The second-order valence-corrected chi connectivity index (χ2v) is 4.14. The molecule has 1 unspecified atom stereocenters. The Morgan fingerprint density at radius 3 is 2.36 bits per heavy atom. The molecule has 0 aromatic heterocycles. The zero-order chi connectivity index (χ0) is 10.9. The molecule has 9 heteroatoms. The Morgan fingerprint density at radius 2 is 2.00 bits per heavy atom. The van der Waals surface area contributed by atoms with Crippen molar-refractivity contribution in [3.63, 3.8) is 0 Å². The highest BCUT2D eigenvalue weighted by Crippen LogP contribution is 2.34. The van der Waals surface area contributed by atoms with Gasteiger partial charge >= 0.3 is 0 Å². The Labute approximate surface area is 84.5 Å². The van der Waals surface area contributed by atoms with Crippen LogP contribution in [0.2, 0.25) is 0 Å². The van der Waals surface area contributed by atoms with E-state index >= 15 is 0 Å². The number of hydrogen-bond acceptors (Lipinski definition) is 7. The van der Waals surface area contributed by atoms with Crippen LogP contribution in [0.25, 0.3) is 0 Å². The maximum absolute atomic E-state index is 10.2. The summed E-state index contributed by atoms with van der Waals surface area (Å²) in [6.07, 6.45) is -5.61. The summed E-state index contributed by atoms with van der Waals surface area (Å²) in [5.41, 5.74) is 0. The van der Waals surface area contributed by atoms with Crippen molar-refractivity contribution in [2.45, 2.75) is 24.6 Å². The number of phosphoric acid groups is 1. The third-order valence-corrected chi connectivity index (χ3v) is 2.47. The first-order valence-corrected chi connectivity index (χ1v) is 5.62. The summed E-state index contributed by atoms with van der Waals surface area (Å²) in [6.45, 7) is 0. The molecule has 84 valence electrons. The predicted octanol–water partition coefficient (Wildman–Crippen LogP) is -2.48. The average molecular weight is 247 g/mol. The van der Waals surface area contributed by atoms with Crippen LogP contribution in [0.5, 0.6) is 0 Å². The number of halogens is 1. The smallest absolute Gasteiger partial charge is 0.191 e. The molecule has 0 aliphatic carbocycles. The van der Waals surface area contributed by atoms with Crippen LogP contribution in [0.15, 0.2) is 0 Å². The van der Waals surface area contributed by atoms with Crippen molar-refractivity contribution in [1.29, 1.82) is 0 Å². The van der Waals surface area contributed by atoms with Gasteiger partial charge in [0.05, 0.1) is 13.7 Å². The van der Waals surface area contributed by atoms with Gasteiger partial charge in [-0.15, -0.1) is 11.6 Å². The van der Waals surface area contributed by atoms with Crippen molar-refractivity contribution in [3.05, 3.63) is 0 Å². The number of hydrogen-bond donors (Lipinski definition) is 2. The van der Waals surface area contributed by atoms with E-state index in [0.29, 0.717) is 0 Å². The summed E-state index contributed by atoms with van der Waals surface area (Å²) in [4.78, 5) is 20.4. The summed E-state index contributed by atoms with van der Waals surface area (Å²) in [6, 6.07) is 0. The van der Waals surface area contributed by atoms with E-state index in [1.165, 1.54) is 0 Å². The molecule has 14 heavy (non-hydrogen) atoms. The lowest BCUT2D eigenvalue weighted by atomic mass is 10.2. The molecular formula is C5H8ClO7P-2. The lowest BCUT2D eigenvalue weighted by Crippen LogP contribution is -2.35. The number of ether oxygens (including phenoxy) is 1. The molecule has 0 aromatic carbocycles. The van der Waals surface area contributed by atoms with Crippen LogP contribution in [0.4, 0.5) is 0 Å². The van der Waals surface area contributed by atoms with Crippen LogP contribution >= 0.6 is 19.4 Å². The molecular weight excluding hydrogens is 238 g/mol. The van der Waals surface area contributed by atoms with Crippen LogP contribution in [0.1, 0.15) is 0 Å². The maximum atomic E-state index is 10.2. The van der Waals surface area contributed by atoms with Gasteiger partial charge in [-0.1, -0.05) is 0 Å². The van der Waals surface area contributed by atoms with Gasteiger partial charge in [-0.05, 0) is 0 Å². The van der Waals surface area contributed by atoms with Gasteiger partial charge in [-0.3, -0.25) is 0 Å². The average Bonchev–Trinajstić information content (AvgIpc) is 2.30. The largest absolute Gasteiger partial charge is 0.790 e. The molecule has 1 fully saturated rings. The highest BCUT2D eigenvalue weighted by Gasteiger charge is 2.43. The van der Waals surface area contributed by atoms with Crippen molar-refractivity contribution in [2.75, 3.05) is 5.88 Å². The molecule has 1 aliphatic rings. The number of phosphoric ester groups is 1. The van der Waals surface area contributed by atoms with Gasteiger partial charge in [0.2, 0.25) is 0 Å². The minimum atomic E-state index is -5.25. The molecule has 1 rings (SSSR count). The van der Waals surface area contributed by atoms with Crippen LogP contribution < -0.4 is 9.79 Å². The molecule has 0 amide bonds. The van der Waals surface area contributed by atoms with Gasteiger partial charge < -0.3 is 33.8 Å². The van der Waals surface area contributed by atoms with Crippen LogP contribution in [-0.2, 0) is 13.8 Å². The fourth-order valence-corrected chi connectivity index (χ4v) is 1.74. The number of rotatable bonds is 3. The molecule has 0 bridgehead atoms. The molecule has 1 saturated heterocycles. The van der Waals surface area contributed by atoms with Gasteiger partial charge in [-0.2, -0.15) is 0 Å². The molecule has 4 atom stereocenters. The normalized spacial score (nSPS) is 38.9. The quantitative estimate of drug-likeness (QED) is 0.417. The molecule has 7 nitrogen and oxygen atoms in total. The monoisotopic (exact) mass is 246 g/mol. The summed E-state index contributed by atoms with van der Waals surface area (Å²) in [5, 5.41) is 18.4. The summed E-state index contributed by atoms with van der Waals surface area (Å²) in [7, 11) is -5.25. The third kappa shape index (κ3) is 2.88. The molecule has 0 aromatic rings. The molecule has 1 heterocycles. The lowest BCUT2D eigenvalue weighted by Gasteiger charge is -2.32. The van der Waals surface area contributed by atoms with E-state index in [9.17, 15) is 19.5 Å². The number of aliphatic hydroxyl groups excluding tert-OH is 2. The van der Waals surface area contributed by atoms with Gasteiger partial charge in [0.25, 0.3) is 0 Å². The van der Waals surface area contributed by atoms with Crippen molar-refractivity contribution in [3.8, 4) is 0 Å². The molecule has 0 spiro atoms. The van der Waals surface area contributed by atoms with E-state index < -0.39 is 32.4 Å². The molecule has 2 N–H and O–H groups in total. The standard InChI is InChI=1S/C5H10ClO7P/c6-1-2-3(7)4(8)5(12-2)13-14(9,10)11/h2-5,7-8H,1H2,(H2,9,10,11)/p-2/t2-,3-,4-,5?/m1/s1. The van der Waals surface area contributed by atoms with E-state index in [1.54, 1.807) is 0 Å². The second kappa shape index (κ2) is 4.42. The highest BCUT2D eigenvalue weighted by molar-refractivity contribution is 7.43. The van der Waals surface area contributed by atoms with E-state index in [4.69, 9.17) is 16.7 Å². The van der Waals surface area contributed by atoms with Gasteiger partial charge in [0, 0.05) is 0 Å². The lowest BCUT2D eigenvalue weighted by molar-refractivity contribution is -0.354. The first-order chi connectivity index (χ1) is 6.35. The van der Waals surface area contributed by atoms with Crippen molar-refractivity contribution in [2.24, 2.45) is 0 Å². The van der Waals surface area contributed by atoms with E-state index in [2.05, 4.69) is 9.26 Å². The van der Waals surface area contributed by atoms with Gasteiger partial charge in [0.1, 0.15) is 18.3 Å². The SMILES string of the molecule is O=P([O-])([O-])OC1O[C@H](CCl)[C@@H](O)[C@H]1O. The van der Waals surface area contributed by atoms with Gasteiger partial charge in [0.15, 0.2) is 6.29 Å². The van der Waals surface area contributed by atoms with Crippen LogP contribution in [0, 0.1) is 0 Å². The molecule has 0 radical (unpaired) electrons. The second-order valence-electron chi connectivity index (χ2n) is 2.73. The topological polar surface area (TPSA) is 122 Å². The summed E-state index contributed by atoms with van der Waals surface area (Å²) < 4.78 is 18.7. The maximum Gasteiger partial charge on any atom is 0.191 e. The summed E-state index contributed by atoms with van der Waals surface area (Å²) >= 11 is 5.33. The fourth-order valence-electron chi connectivity index (χ4n) is 1.06. The Balaban J connectivity index is 2.61. The Kier molecular flexibility index (Phi) is 3.90. The summed E-state index contributed by atoms with van der Waals surface area (Å²) in [5.74, 6) is -0.153. The number of alkyl halides is 1. The van der Waals surface area contributed by atoms with Gasteiger partial charge in [-0.25, -0.2) is 0 Å². The highest BCUT2D eigenvalue weighted by atomic mass is 35.5. The van der Waals surface area contributed by atoms with E-state index in [-0.39, 0.29) is 5.88 Å². The first kappa shape index (κ1) is 12.4. The van der Waals surface area contributed by atoms with Crippen molar-refractivity contribution >= 4 is 19.4 Å². The van der Waals surface area contributed by atoms with E-state index in [0.717, 1.165) is 0 Å². The molecule has 1 aliphatic heterocycles. The fraction of sp³-hybridized carbons (Fsp3) is 1.00. The predicted molar refractivity (Wildman–Crippen MR) is 40.1 cm³/mol. The van der Waals surface area contributed by atoms with Crippen molar-refractivity contribution in [1.82, 2.24) is 0 Å². The van der Waals surface area contributed by atoms with E-state index in [1.807, 2.05) is 0 Å². The van der Waals surface area contributed by atoms with Crippen molar-refractivity contribution < 1.29 is 33.8 Å². The van der Waals surface area contributed by atoms with Crippen LogP contribution in [0.3, 0.4) is 0 Å². The van der Waals surface area contributed by atoms with Crippen LogP contribution in [-0.4, -0.2) is 40.7 Å². The third-order valence-electron chi connectivity index (χ3n) is 1.70. The number of aliphatic hydroxyl groups is 2. The Bertz CT molecular complexity index is 242. The Morgan fingerprint density at radius 1 is 1.43 bits per heavy atom. The molecule has 0 saturated carbocycles. The first-order valence-electron chi connectivity index (χ1n) is 3.63. The zero-order valence-corrected chi connectivity index (χ0v) is 8.43.